The van der Waals surface area contributed by atoms with Crippen molar-refractivity contribution in [1.29, 1.82) is 0 Å². The highest BCUT2D eigenvalue weighted by Gasteiger charge is 2.29. The van der Waals surface area contributed by atoms with Crippen LogP contribution >= 0.6 is 0 Å². The van der Waals surface area contributed by atoms with Crippen LogP contribution in [0.15, 0.2) is 24.3 Å². The van der Waals surface area contributed by atoms with Crippen molar-refractivity contribution < 1.29 is 14.3 Å². The molecule has 0 bridgehead atoms. The molecule has 0 N–H and O–H groups in total. The van der Waals surface area contributed by atoms with Gasteiger partial charge in [0.2, 0.25) is 0 Å². The van der Waals surface area contributed by atoms with Crippen LogP contribution in [0, 0.1) is 0 Å². The number of ether oxygens (including phenoxy) is 1. The highest BCUT2D eigenvalue weighted by atomic mass is 16.5. The van der Waals surface area contributed by atoms with Crippen LogP contribution in [0.25, 0.3) is 0 Å². The molecule has 0 saturated carbocycles. The predicted molar refractivity (Wildman–Crippen MR) is 90.4 cm³/mol. The van der Waals surface area contributed by atoms with E-state index in [1.807, 2.05) is 17.0 Å². The van der Waals surface area contributed by atoms with Crippen molar-refractivity contribution in [1.82, 2.24) is 4.90 Å². The first-order chi connectivity index (χ1) is 10.9. The summed E-state index contributed by atoms with van der Waals surface area (Å²) >= 11 is 0. The lowest BCUT2D eigenvalue weighted by atomic mass is 9.97. The second kappa shape index (κ2) is 7.62. The van der Waals surface area contributed by atoms with E-state index in [4.69, 9.17) is 4.74 Å². The van der Waals surface area contributed by atoms with Crippen LogP contribution in [0.4, 0.5) is 0 Å². The Hall–Kier alpha value is -1.84. The summed E-state index contributed by atoms with van der Waals surface area (Å²) in [7, 11) is 0. The van der Waals surface area contributed by atoms with Gasteiger partial charge >= 0.3 is 5.97 Å². The molecule has 2 unspecified atom stereocenters. The first-order valence-electron chi connectivity index (χ1n) is 8.48. The van der Waals surface area contributed by atoms with E-state index in [0.29, 0.717) is 11.5 Å². The number of carbonyl (C=O) groups is 2. The molecule has 1 fully saturated rings. The van der Waals surface area contributed by atoms with Gasteiger partial charge in [-0.05, 0) is 56.7 Å². The summed E-state index contributed by atoms with van der Waals surface area (Å²) in [4.78, 5) is 26.3. The number of rotatable bonds is 4. The van der Waals surface area contributed by atoms with E-state index in [1.165, 1.54) is 5.56 Å². The van der Waals surface area contributed by atoms with E-state index in [2.05, 4.69) is 27.7 Å². The summed E-state index contributed by atoms with van der Waals surface area (Å²) in [5.41, 5.74) is 1.66. The molecule has 2 atom stereocenters. The second-order valence-electron chi connectivity index (χ2n) is 6.78. The molecule has 1 saturated heterocycles. The molecule has 1 aromatic carbocycles. The van der Waals surface area contributed by atoms with E-state index < -0.39 is 5.97 Å². The number of hydrogen-bond donors (Lipinski definition) is 0. The zero-order valence-electron chi connectivity index (χ0n) is 14.5. The number of carbonyl (C=O) groups excluding carboxylic acids is 2. The molecule has 23 heavy (non-hydrogen) atoms. The maximum atomic E-state index is 12.3. The average Bonchev–Trinajstić information content (AvgIpc) is 2.52. The number of amides is 1. The van der Waals surface area contributed by atoms with E-state index in [0.717, 1.165) is 19.3 Å². The van der Waals surface area contributed by atoms with Crippen molar-refractivity contribution in [3.63, 3.8) is 0 Å². The van der Waals surface area contributed by atoms with E-state index in [-0.39, 0.29) is 24.6 Å². The Balaban J connectivity index is 1.91. The largest absolute Gasteiger partial charge is 0.452 e. The Morgan fingerprint density at radius 3 is 2.22 bits per heavy atom. The first kappa shape index (κ1) is 17.5. The van der Waals surface area contributed by atoms with Crippen LogP contribution in [-0.2, 0) is 9.53 Å². The molecule has 126 valence electrons. The minimum Gasteiger partial charge on any atom is -0.452 e. The molecule has 0 spiro atoms. The van der Waals surface area contributed by atoms with Crippen LogP contribution in [0.1, 0.15) is 68.8 Å². The molecule has 1 amide bonds. The zero-order chi connectivity index (χ0) is 17.0. The SMILES string of the molecule is CC(C)c1ccc(C(=O)OCC(=O)N2C(C)CCCC2C)cc1. The van der Waals surface area contributed by atoms with Crippen molar-refractivity contribution in [2.24, 2.45) is 0 Å². The van der Waals surface area contributed by atoms with Crippen LogP contribution < -0.4 is 0 Å². The van der Waals surface area contributed by atoms with Crippen molar-refractivity contribution in [3.8, 4) is 0 Å². The lowest BCUT2D eigenvalue weighted by Gasteiger charge is -2.38. The third-order valence-electron chi connectivity index (χ3n) is 4.62. The molecule has 1 aliphatic rings. The van der Waals surface area contributed by atoms with Gasteiger partial charge in [-0.15, -0.1) is 0 Å². The Labute approximate surface area is 138 Å². The van der Waals surface area contributed by atoms with E-state index in [9.17, 15) is 9.59 Å². The summed E-state index contributed by atoms with van der Waals surface area (Å²) in [5.74, 6) is -0.119. The molecule has 4 heteroatoms. The van der Waals surface area contributed by atoms with Crippen molar-refractivity contribution in [2.75, 3.05) is 6.61 Å². The number of esters is 1. The Kier molecular flexibility index (Phi) is 5.80. The Morgan fingerprint density at radius 1 is 1.13 bits per heavy atom. The molecule has 2 rings (SSSR count). The van der Waals surface area contributed by atoms with Crippen LogP contribution in [-0.4, -0.2) is 35.5 Å². The lowest BCUT2D eigenvalue weighted by Crippen LogP contribution is -2.49. The van der Waals surface area contributed by atoms with Crippen LogP contribution in [0.3, 0.4) is 0 Å². The van der Waals surface area contributed by atoms with Gasteiger partial charge in [0.1, 0.15) is 0 Å². The van der Waals surface area contributed by atoms with Gasteiger partial charge in [0.25, 0.3) is 5.91 Å². The molecule has 0 aliphatic carbocycles. The fourth-order valence-electron chi connectivity index (χ4n) is 3.20. The van der Waals surface area contributed by atoms with Gasteiger partial charge in [0.05, 0.1) is 5.56 Å². The summed E-state index contributed by atoms with van der Waals surface area (Å²) in [5, 5.41) is 0. The van der Waals surface area contributed by atoms with Crippen molar-refractivity contribution >= 4 is 11.9 Å². The van der Waals surface area contributed by atoms with Gasteiger partial charge in [0.15, 0.2) is 6.61 Å². The second-order valence-corrected chi connectivity index (χ2v) is 6.78. The van der Waals surface area contributed by atoms with Gasteiger partial charge in [0, 0.05) is 12.1 Å². The maximum absolute atomic E-state index is 12.3. The quantitative estimate of drug-likeness (QED) is 0.794. The molecular weight excluding hydrogens is 290 g/mol. The number of piperidine rings is 1. The monoisotopic (exact) mass is 317 g/mol. The van der Waals surface area contributed by atoms with Gasteiger partial charge in [-0.3, -0.25) is 4.79 Å². The maximum Gasteiger partial charge on any atom is 0.338 e. The van der Waals surface area contributed by atoms with Gasteiger partial charge in [-0.2, -0.15) is 0 Å². The molecule has 1 heterocycles. The van der Waals surface area contributed by atoms with E-state index >= 15 is 0 Å². The topological polar surface area (TPSA) is 46.6 Å². The number of benzene rings is 1. The van der Waals surface area contributed by atoms with Crippen molar-refractivity contribution in [2.45, 2.75) is 65.0 Å². The smallest absolute Gasteiger partial charge is 0.338 e. The zero-order valence-corrected chi connectivity index (χ0v) is 14.5. The first-order valence-corrected chi connectivity index (χ1v) is 8.48. The van der Waals surface area contributed by atoms with Crippen LogP contribution in [0.2, 0.25) is 0 Å². The molecule has 1 aliphatic heterocycles. The molecular formula is C19H27NO3. The highest BCUT2D eigenvalue weighted by molar-refractivity contribution is 5.91. The summed E-state index contributed by atoms with van der Waals surface area (Å²) in [6, 6.07) is 7.81. The predicted octanol–water partition coefficient (Wildman–Crippen LogP) is 3.76. The third-order valence-corrected chi connectivity index (χ3v) is 4.62. The number of likely N-dealkylation sites (tertiary alicyclic amines) is 1. The van der Waals surface area contributed by atoms with Crippen molar-refractivity contribution in [3.05, 3.63) is 35.4 Å². The van der Waals surface area contributed by atoms with Gasteiger partial charge in [-0.1, -0.05) is 26.0 Å². The molecule has 0 radical (unpaired) electrons. The van der Waals surface area contributed by atoms with Crippen LogP contribution in [0.5, 0.6) is 0 Å². The van der Waals surface area contributed by atoms with Gasteiger partial charge in [-0.25, -0.2) is 4.79 Å². The number of hydrogen-bond acceptors (Lipinski definition) is 3. The number of nitrogens with zero attached hydrogens (tertiary/aromatic N) is 1. The summed E-state index contributed by atoms with van der Waals surface area (Å²) in [6.45, 7) is 8.14. The summed E-state index contributed by atoms with van der Waals surface area (Å²) in [6.07, 6.45) is 3.18. The van der Waals surface area contributed by atoms with E-state index in [1.54, 1.807) is 12.1 Å². The molecule has 1 aromatic rings. The normalized spacial score (nSPS) is 21.3. The van der Waals surface area contributed by atoms with Gasteiger partial charge < -0.3 is 9.64 Å². The highest BCUT2D eigenvalue weighted by Crippen LogP contribution is 2.22. The summed E-state index contributed by atoms with van der Waals surface area (Å²) < 4.78 is 5.21. The minimum atomic E-state index is -0.439. The fourth-order valence-corrected chi connectivity index (χ4v) is 3.20. The Morgan fingerprint density at radius 2 is 1.70 bits per heavy atom. The lowest BCUT2D eigenvalue weighted by molar-refractivity contribution is -0.140. The standard InChI is InChI=1S/C19H27NO3/c1-13(2)16-8-10-17(11-9-16)19(22)23-12-18(21)20-14(3)6-5-7-15(20)4/h8-11,13-15H,5-7,12H2,1-4H3. The average molecular weight is 317 g/mol. The minimum absolute atomic E-state index is 0.100. The molecule has 4 nitrogen and oxygen atoms in total. The fraction of sp³-hybridized carbons (Fsp3) is 0.579. The third kappa shape index (κ3) is 4.34. The molecule has 0 aromatic heterocycles. The Bertz CT molecular complexity index is 540.